The first-order chi connectivity index (χ1) is 13.6. The van der Waals surface area contributed by atoms with Crippen molar-refractivity contribution in [2.45, 2.75) is 0 Å². The molecule has 0 radical (unpaired) electrons. The normalized spacial score (nSPS) is 10.6. The molecule has 4 rings (SSSR count). The zero-order valence-corrected chi connectivity index (χ0v) is 15.2. The van der Waals surface area contributed by atoms with Crippen LogP contribution in [0.15, 0.2) is 71.3 Å². The third-order valence-electron chi connectivity index (χ3n) is 3.87. The van der Waals surface area contributed by atoms with E-state index in [-0.39, 0.29) is 5.11 Å². The zero-order valence-electron chi connectivity index (χ0n) is 14.3. The molecule has 2 aromatic heterocycles. The molecule has 0 bridgehead atoms. The first-order valence-electron chi connectivity index (χ1n) is 8.28. The van der Waals surface area contributed by atoms with Crippen molar-refractivity contribution in [2.75, 3.05) is 5.32 Å². The lowest BCUT2D eigenvalue weighted by Gasteiger charge is -2.10. The van der Waals surface area contributed by atoms with Crippen LogP contribution < -0.4 is 10.6 Å². The van der Waals surface area contributed by atoms with E-state index in [4.69, 9.17) is 16.6 Å². The largest absolute Gasteiger partial charge is 0.434 e. The second-order valence-corrected chi connectivity index (χ2v) is 6.25. The summed E-state index contributed by atoms with van der Waals surface area (Å²) in [7, 11) is 0. The van der Waals surface area contributed by atoms with Gasteiger partial charge >= 0.3 is 0 Å². The average molecular weight is 392 g/mol. The Hall–Kier alpha value is -3.65. The lowest BCUT2D eigenvalue weighted by molar-refractivity contribution is 0.0977. The molecule has 138 valence electrons. The smallest absolute Gasteiger partial charge is 0.257 e. The third kappa shape index (κ3) is 3.86. The van der Waals surface area contributed by atoms with Gasteiger partial charge in [0.05, 0.1) is 0 Å². The first-order valence-corrected chi connectivity index (χ1v) is 8.69. The Bertz CT molecular complexity index is 1140. The second kappa shape index (κ2) is 7.53. The maximum Gasteiger partial charge on any atom is 0.257 e. The molecule has 0 aliphatic carbocycles. The van der Waals surface area contributed by atoms with Gasteiger partial charge in [0.25, 0.3) is 5.91 Å². The molecule has 0 saturated carbocycles. The molecule has 2 heterocycles. The number of pyridine rings is 1. The first kappa shape index (κ1) is 17.7. The fraction of sp³-hybridized carbons (Fsp3) is 0. The Balaban J connectivity index is 1.47. The number of oxazole rings is 1. The standard InChI is InChI=1S/C20H13FN4O2S/c21-14-8-6-12(7-9-14)18(26)25-20(28)23-15-4-1-3-13(11-15)19-24-17-16(27-19)5-2-10-22-17/h1-11H,(H2,23,25,26,28). The summed E-state index contributed by atoms with van der Waals surface area (Å²) in [6, 6.07) is 16.0. The van der Waals surface area contributed by atoms with Crippen LogP contribution in [-0.2, 0) is 0 Å². The van der Waals surface area contributed by atoms with Crippen molar-refractivity contribution in [3.8, 4) is 11.5 Å². The van der Waals surface area contributed by atoms with Crippen LogP contribution in [0.2, 0.25) is 0 Å². The number of nitrogens with one attached hydrogen (secondary N) is 2. The highest BCUT2D eigenvalue weighted by Gasteiger charge is 2.11. The van der Waals surface area contributed by atoms with Gasteiger partial charge in [0.1, 0.15) is 5.82 Å². The van der Waals surface area contributed by atoms with Gasteiger partial charge in [-0.2, -0.15) is 4.98 Å². The maximum absolute atomic E-state index is 13.0. The number of nitrogens with zero attached hydrogens (tertiary/aromatic N) is 2. The summed E-state index contributed by atoms with van der Waals surface area (Å²) in [5.41, 5.74) is 2.81. The lowest BCUT2D eigenvalue weighted by Crippen LogP contribution is -2.34. The fourth-order valence-corrected chi connectivity index (χ4v) is 2.77. The number of rotatable bonds is 3. The summed E-state index contributed by atoms with van der Waals surface area (Å²) >= 11 is 5.18. The molecule has 0 spiro atoms. The van der Waals surface area contributed by atoms with E-state index in [0.29, 0.717) is 28.4 Å². The van der Waals surface area contributed by atoms with Crippen molar-refractivity contribution in [3.05, 3.63) is 78.2 Å². The van der Waals surface area contributed by atoms with Crippen molar-refractivity contribution in [2.24, 2.45) is 0 Å². The molecule has 8 heteroatoms. The topological polar surface area (TPSA) is 80.0 Å². The van der Waals surface area contributed by atoms with Crippen molar-refractivity contribution < 1.29 is 13.6 Å². The lowest BCUT2D eigenvalue weighted by atomic mass is 10.2. The van der Waals surface area contributed by atoms with Gasteiger partial charge in [-0.1, -0.05) is 6.07 Å². The van der Waals surface area contributed by atoms with Crippen molar-refractivity contribution in [1.82, 2.24) is 15.3 Å². The number of fused-ring (bicyclic) bond motifs is 1. The molecule has 6 nitrogen and oxygen atoms in total. The Kier molecular flexibility index (Phi) is 4.77. The minimum Gasteiger partial charge on any atom is -0.434 e. The molecule has 0 atom stereocenters. The molecule has 0 saturated heterocycles. The number of hydrogen-bond acceptors (Lipinski definition) is 5. The number of anilines is 1. The van der Waals surface area contributed by atoms with E-state index in [1.807, 2.05) is 12.1 Å². The molecule has 0 fully saturated rings. The van der Waals surface area contributed by atoms with Crippen molar-refractivity contribution in [3.63, 3.8) is 0 Å². The van der Waals surface area contributed by atoms with E-state index in [2.05, 4.69) is 20.6 Å². The zero-order chi connectivity index (χ0) is 19.5. The highest BCUT2D eigenvalue weighted by atomic mass is 32.1. The van der Waals surface area contributed by atoms with Gasteiger partial charge in [-0.15, -0.1) is 0 Å². The second-order valence-electron chi connectivity index (χ2n) is 5.84. The number of thiocarbonyl (C=S) groups is 1. The quantitative estimate of drug-likeness (QED) is 0.510. The van der Waals surface area contributed by atoms with Gasteiger partial charge in [-0.25, -0.2) is 9.37 Å². The van der Waals surface area contributed by atoms with Crippen LogP contribution in [-0.4, -0.2) is 21.0 Å². The minimum atomic E-state index is -0.432. The number of hydrogen-bond donors (Lipinski definition) is 2. The van der Waals surface area contributed by atoms with Crippen LogP contribution in [0.25, 0.3) is 22.7 Å². The average Bonchev–Trinajstić information content (AvgIpc) is 3.13. The summed E-state index contributed by atoms with van der Waals surface area (Å²) in [6.07, 6.45) is 1.65. The molecule has 0 aliphatic rings. The molecular weight excluding hydrogens is 379 g/mol. The molecule has 1 amide bonds. The Labute approximate surface area is 164 Å². The number of halogens is 1. The highest BCUT2D eigenvalue weighted by molar-refractivity contribution is 7.80. The maximum atomic E-state index is 13.0. The predicted molar refractivity (Wildman–Crippen MR) is 107 cm³/mol. The summed E-state index contributed by atoms with van der Waals surface area (Å²) in [4.78, 5) is 20.7. The van der Waals surface area contributed by atoms with Gasteiger partial charge in [0.15, 0.2) is 16.3 Å². The van der Waals surface area contributed by atoms with Crippen LogP contribution in [0, 0.1) is 5.82 Å². The van der Waals surface area contributed by atoms with Crippen LogP contribution in [0.4, 0.5) is 10.1 Å². The summed E-state index contributed by atoms with van der Waals surface area (Å²) in [5.74, 6) is -0.416. The van der Waals surface area contributed by atoms with Crippen LogP contribution in [0.1, 0.15) is 10.4 Å². The molecule has 0 unspecified atom stereocenters. The van der Waals surface area contributed by atoms with Crippen LogP contribution >= 0.6 is 12.2 Å². The predicted octanol–water partition coefficient (Wildman–Crippen LogP) is 4.16. The van der Waals surface area contributed by atoms with E-state index < -0.39 is 11.7 Å². The molecule has 28 heavy (non-hydrogen) atoms. The minimum absolute atomic E-state index is 0.116. The number of amides is 1. The van der Waals surface area contributed by atoms with E-state index in [0.717, 1.165) is 5.56 Å². The molecule has 2 aromatic carbocycles. The van der Waals surface area contributed by atoms with Crippen LogP contribution in [0.3, 0.4) is 0 Å². The van der Waals surface area contributed by atoms with Gasteiger partial charge in [0.2, 0.25) is 5.89 Å². The van der Waals surface area contributed by atoms with Crippen molar-refractivity contribution >= 4 is 40.2 Å². The van der Waals surface area contributed by atoms with E-state index in [1.54, 1.807) is 30.5 Å². The number of aromatic nitrogens is 2. The van der Waals surface area contributed by atoms with E-state index >= 15 is 0 Å². The van der Waals surface area contributed by atoms with E-state index in [9.17, 15) is 9.18 Å². The summed E-state index contributed by atoms with van der Waals surface area (Å²) in [5, 5.41) is 5.61. The highest BCUT2D eigenvalue weighted by Crippen LogP contribution is 2.25. The molecular formula is C20H13FN4O2S. The third-order valence-corrected chi connectivity index (χ3v) is 4.07. The SMILES string of the molecule is O=C(NC(=S)Nc1cccc(-c2nc3ncccc3o2)c1)c1ccc(F)cc1. The van der Waals surface area contributed by atoms with Gasteiger partial charge in [-0.3, -0.25) is 10.1 Å². The number of benzene rings is 2. The number of carbonyl (C=O) groups excluding carboxylic acids is 1. The summed E-state index contributed by atoms with van der Waals surface area (Å²) in [6.45, 7) is 0. The van der Waals surface area contributed by atoms with E-state index in [1.165, 1.54) is 24.3 Å². The molecule has 2 N–H and O–H groups in total. The van der Waals surface area contributed by atoms with Gasteiger partial charge in [-0.05, 0) is 66.8 Å². The van der Waals surface area contributed by atoms with Gasteiger partial charge < -0.3 is 9.73 Å². The fourth-order valence-electron chi connectivity index (χ4n) is 2.56. The Morgan fingerprint density at radius 3 is 2.68 bits per heavy atom. The monoisotopic (exact) mass is 392 g/mol. The summed E-state index contributed by atoms with van der Waals surface area (Å²) < 4.78 is 18.7. The molecule has 4 aromatic rings. The van der Waals surface area contributed by atoms with Crippen LogP contribution in [0.5, 0.6) is 0 Å². The van der Waals surface area contributed by atoms with Crippen molar-refractivity contribution in [1.29, 1.82) is 0 Å². The molecule has 0 aliphatic heterocycles. The van der Waals surface area contributed by atoms with Gasteiger partial charge in [0, 0.05) is 23.0 Å². The number of carbonyl (C=O) groups is 1. The Morgan fingerprint density at radius 1 is 1.07 bits per heavy atom. The Morgan fingerprint density at radius 2 is 1.89 bits per heavy atom.